The highest BCUT2D eigenvalue weighted by Crippen LogP contribution is 2.31. The fourth-order valence-corrected chi connectivity index (χ4v) is 3.78. The second kappa shape index (κ2) is 10.9. The van der Waals surface area contributed by atoms with Crippen LogP contribution >= 0.6 is 0 Å². The highest BCUT2D eigenvalue weighted by Gasteiger charge is 2.28. The number of carboxylic acid groups (broad SMARTS) is 1. The molecule has 10 nitrogen and oxygen atoms in total. The lowest BCUT2D eigenvalue weighted by Gasteiger charge is -2.27. The van der Waals surface area contributed by atoms with Gasteiger partial charge in [0.05, 0.1) is 30.0 Å². The van der Waals surface area contributed by atoms with Gasteiger partial charge in [0.2, 0.25) is 0 Å². The number of ether oxygens (including phenoxy) is 2. The topological polar surface area (TPSA) is 128 Å². The molecule has 1 aliphatic rings. The van der Waals surface area contributed by atoms with E-state index in [9.17, 15) is 14.7 Å². The number of amides is 1. The molecular weight excluding hydrogens is 414 g/mol. The average molecular weight is 446 g/mol. The first kappa shape index (κ1) is 23.5. The first-order valence-corrected chi connectivity index (χ1v) is 11.1. The number of hydrogen-bond donors (Lipinski definition) is 2. The molecule has 0 bridgehead atoms. The van der Waals surface area contributed by atoms with Gasteiger partial charge in [-0.15, -0.1) is 5.10 Å². The number of unbranched alkanes of at least 4 members (excludes halogenated alkanes) is 2. The predicted molar refractivity (Wildman–Crippen MR) is 117 cm³/mol. The van der Waals surface area contributed by atoms with Crippen LogP contribution in [0.3, 0.4) is 0 Å². The normalized spacial score (nSPS) is 18.2. The van der Waals surface area contributed by atoms with E-state index in [2.05, 4.69) is 27.5 Å². The average Bonchev–Trinajstić information content (AvgIpc) is 3.13. The quantitative estimate of drug-likeness (QED) is 0.555. The molecule has 0 spiro atoms. The monoisotopic (exact) mass is 445 g/mol. The molecule has 2 heterocycles. The number of carbonyl (C=O) groups is 2. The Hall–Kier alpha value is -3.17. The molecule has 1 amide bonds. The van der Waals surface area contributed by atoms with Crippen molar-refractivity contribution >= 4 is 17.9 Å². The molecule has 2 aromatic rings. The van der Waals surface area contributed by atoms with Gasteiger partial charge in [0.15, 0.2) is 11.5 Å². The maximum atomic E-state index is 12.1. The maximum absolute atomic E-state index is 12.1. The summed E-state index contributed by atoms with van der Waals surface area (Å²) in [4.78, 5) is 28.0. The Balaban J connectivity index is 1.68. The Bertz CT molecular complexity index is 945. The number of nitrogens with zero attached hydrogens (tertiary/aromatic N) is 4. The molecule has 0 unspecified atom stereocenters. The van der Waals surface area contributed by atoms with Crippen molar-refractivity contribution in [3.63, 3.8) is 0 Å². The molecule has 3 rings (SSSR count). The summed E-state index contributed by atoms with van der Waals surface area (Å²) in [6.07, 6.45) is 5.00. The van der Waals surface area contributed by atoms with E-state index in [4.69, 9.17) is 9.47 Å². The molecule has 174 valence electrons. The van der Waals surface area contributed by atoms with E-state index in [0.717, 1.165) is 32.1 Å². The van der Waals surface area contributed by atoms with Gasteiger partial charge in [-0.3, -0.25) is 10.1 Å². The summed E-state index contributed by atoms with van der Waals surface area (Å²) < 4.78 is 12.7. The molecule has 0 saturated heterocycles. The Morgan fingerprint density at radius 2 is 2.09 bits per heavy atom. The first-order chi connectivity index (χ1) is 15.4. The Labute approximate surface area is 187 Å². The summed E-state index contributed by atoms with van der Waals surface area (Å²) in [5.41, 5.74) is 1.62. The van der Waals surface area contributed by atoms with Crippen LogP contribution in [0.15, 0.2) is 12.1 Å². The van der Waals surface area contributed by atoms with Crippen LogP contribution in [0.2, 0.25) is 0 Å². The van der Waals surface area contributed by atoms with Crippen LogP contribution in [0.5, 0.6) is 5.75 Å². The van der Waals surface area contributed by atoms with E-state index in [0.29, 0.717) is 48.1 Å². The highest BCUT2D eigenvalue weighted by atomic mass is 16.5. The van der Waals surface area contributed by atoms with Gasteiger partial charge in [-0.25, -0.2) is 14.5 Å². The van der Waals surface area contributed by atoms with Crippen LogP contribution in [0.4, 0.5) is 10.6 Å². The predicted octanol–water partition coefficient (Wildman–Crippen LogP) is 3.95. The fourth-order valence-electron chi connectivity index (χ4n) is 3.78. The molecule has 1 fully saturated rings. The van der Waals surface area contributed by atoms with Gasteiger partial charge in [-0.05, 0) is 51.2 Å². The third-order valence-electron chi connectivity index (χ3n) is 5.58. The summed E-state index contributed by atoms with van der Waals surface area (Å²) in [6, 6.07) is 3.55. The lowest BCUT2D eigenvalue weighted by molar-refractivity contribution is -0.143. The molecule has 2 aromatic heterocycles. The Kier molecular flexibility index (Phi) is 8.02. The molecule has 32 heavy (non-hydrogen) atoms. The van der Waals surface area contributed by atoms with Crippen molar-refractivity contribution in [1.29, 1.82) is 0 Å². The molecule has 2 atom stereocenters. The van der Waals surface area contributed by atoms with Crippen LogP contribution in [0.1, 0.15) is 57.6 Å². The Morgan fingerprint density at radius 1 is 1.28 bits per heavy atom. The number of aromatic nitrogens is 4. The zero-order valence-electron chi connectivity index (χ0n) is 18.8. The van der Waals surface area contributed by atoms with Crippen LogP contribution in [0.25, 0.3) is 11.4 Å². The van der Waals surface area contributed by atoms with Crippen LogP contribution in [-0.2, 0) is 16.6 Å². The minimum Gasteiger partial charge on any atom is -0.489 e. The third-order valence-corrected chi connectivity index (χ3v) is 5.58. The van der Waals surface area contributed by atoms with Crippen LogP contribution in [-0.4, -0.2) is 49.9 Å². The first-order valence-electron chi connectivity index (χ1n) is 11.1. The van der Waals surface area contributed by atoms with E-state index in [1.54, 1.807) is 19.2 Å². The summed E-state index contributed by atoms with van der Waals surface area (Å²) in [7, 11) is 1.68. The van der Waals surface area contributed by atoms with E-state index in [-0.39, 0.29) is 12.0 Å². The zero-order valence-corrected chi connectivity index (χ0v) is 18.8. The van der Waals surface area contributed by atoms with Crippen molar-refractivity contribution in [3.05, 3.63) is 17.8 Å². The molecule has 0 radical (unpaired) electrons. The molecule has 10 heteroatoms. The number of carboxylic acids is 1. The summed E-state index contributed by atoms with van der Waals surface area (Å²) in [5, 5.41) is 20.1. The lowest BCUT2D eigenvalue weighted by atomic mass is 9.87. The maximum Gasteiger partial charge on any atom is 0.412 e. The van der Waals surface area contributed by atoms with E-state index < -0.39 is 12.1 Å². The van der Waals surface area contributed by atoms with Crippen molar-refractivity contribution in [2.45, 2.75) is 64.9 Å². The van der Waals surface area contributed by atoms with Crippen molar-refractivity contribution in [2.75, 3.05) is 11.9 Å². The number of rotatable bonds is 9. The lowest BCUT2D eigenvalue weighted by Crippen LogP contribution is -2.29. The number of aryl methyl sites for hydroxylation is 2. The fraction of sp³-hybridized carbons (Fsp3) is 0.591. The summed E-state index contributed by atoms with van der Waals surface area (Å²) >= 11 is 0. The summed E-state index contributed by atoms with van der Waals surface area (Å²) in [6.45, 7) is 4.26. The van der Waals surface area contributed by atoms with Crippen molar-refractivity contribution in [3.8, 4) is 17.1 Å². The highest BCUT2D eigenvalue weighted by molar-refractivity contribution is 5.88. The molecule has 0 aromatic carbocycles. The standard InChI is InChI=1S/C22H31N5O5/c1-4-5-6-12-31-22(30)24-20-19(25-26-27(20)3)17-10-11-18(14(2)23-17)32-16-9-7-8-15(13-16)21(28)29/h10-11,15-16H,4-9,12-13H2,1-3H3,(H,24,30)(H,28,29)/t15-,16-/m0/s1. The van der Waals surface area contributed by atoms with Crippen LogP contribution < -0.4 is 10.1 Å². The zero-order chi connectivity index (χ0) is 23.1. The SMILES string of the molecule is CCCCCOC(=O)Nc1c(-c2ccc(O[C@H]3CCC[C@H](C(=O)O)C3)c(C)n2)nnn1C. The summed E-state index contributed by atoms with van der Waals surface area (Å²) in [5.74, 6) is -0.132. The second-order valence-corrected chi connectivity index (χ2v) is 8.10. The van der Waals surface area contributed by atoms with E-state index in [1.807, 2.05) is 6.92 Å². The van der Waals surface area contributed by atoms with Crippen molar-refractivity contribution < 1.29 is 24.2 Å². The number of nitrogens with one attached hydrogen (secondary N) is 1. The van der Waals surface area contributed by atoms with Crippen molar-refractivity contribution in [1.82, 2.24) is 20.0 Å². The number of pyridine rings is 1. The van der Waals surface area contributed by atoms with E-state index in [1.165, 1.54) is 4.68 Å². The number of carbonyl (C=O) groups excluding carboxylic acids is 1. The number of anilines is 1. The van der Waals surface area contributed by atoms with Crippen LogP contribution in [0, 0.1) is 12.8 Å². The van der Waals surface area contributed by atoms with Gasteiger partial charge >= 0.3 is 12.1 Å². The van der Waals surface area contributed by atoms with E-state index >= 15 is 0 Å². The van der Waals surface area contributed by atoms with Gasteiger partial charge < -0.3 is 14.6 Å². The number of aliphatic carboxylic acids is 1. The van der Waals surface area contributed by atoms with Gasteiger partial charge in [-0.1, -0.05) is 25.0 Å². The molecule has 0 aliphatic heterocycles. The molecule has 1 saturated carbocycles. The van der Waals surface area contributed by atoms with Gasteiger partial charge in [0.25, 0.3) is 0 Å². The molecular formula is C22H31N5O5. The third kappa shape index (κ3) is 5.95. The molecule has 1 aliphatic carbocycles. The Morgan fingerprint density at radius 3 is 2.81 bits per heavy atom. The van der Waals surface area contributed by atoms with Gasteiger partial charge in [0.1, 0.15) is 5.75 Å². The second-order valence-electron chi connectivity index (χ2n) is 8.10. The minimum atomic E-state index is -0.768. The largest absolute Gasteiger partial charge is 0.489 e. The molecule has 2 N–H and O–H groups in total. The van der Waals surface area contributed by atoms with Gasteiger partial charge in [-0.2, -0.15) is 0 Å². The van der Waals surface area contributed by atoms with Gasteiger partial charge in [0, 0.05) is 7.05 Å². The number of hydrogen-bond acceptors (Lipinski definition) is 7. The smallest absolute Gasteiger partial charge is 0.412 e. The van der Waals surface area contributed by atoms with Crippen molar-refractivity contribution in [2.24, 2.45) is 13.0 Å². The minimum absolute atomic E-state index is 0.146.